The molecule has 0 aliphatic rings. The molecular weight excluding hydrogens is 304 g/mol. The minimum absolute atomic E-state index is 0.0143. The van der Waals surface area contributed by atoms with E-state index in [0.29, 0.717) is 23.7 Å². The summed E-state index contributed by atoms with van der Waals surface area (Å²) in [5.41, 5.74) is 1.34. The summed E-state index contributed by atoms with van der Waals surface area (Å²) in [7, 11) is 0. The number of hydrogen-bond acceptors (Lipinski definition) is 3. The molecule has 2 amide bonds. The maximum absolute atomic E-state index is 12.6. The maximum Gasteiger partial charge on any atom is 0.290 e. The van der Waals surface area contributed by atoms with Gasteiger partial charge in [-0.25, -0.2) is 0 Å². The van der Waals surface area contributed by atoms with Crippen molar-refractivity contribution in [2.75, 3.05) is 19.6 Å². The predicted molar refractivity (Wildman–Crippen MR) is 86.2 cm³/mol. The number of amides is 2. The van der Waals surface area contributed by atoms with Crippen molar-refractivity contribution >= 4 is 34.4 Å². The average Bonchev–Trinajstić information content (AvgIpc) is 2.81. The Hall–Kier alpha value is -2.01. The van der Waals surface area contributed by atoms with E-state index in [1.165, 1.54) is 4.90 Å². The van der Waals surface area contributed by atoms with E-state index >= 15 is 0 Å². The molecule has 118 valence electrons. The van der Waals surface area contributed by atoms with Crippen LogP contribution >= 0.6 is 11.6 Å². The largest absolute Gasteiger partial charge is 0.451 e. The van der Waals surface area contributed by atoms with Gasteiger partial charge in [0.15, 0.2) is 5.76 Å². The molecule has 1 aromatic heterocycles. The SMILES string of the molecule is CCNC(=O)CN(CC)C(=O)c1oc2ccc(Cl)cc2c1C. The number of carbonyl (C=O) groups excluding carboxylic acids is 2. The molecule has 2 rings (SSSR count). The summed E-state index contributed by atoms with van der Waals surface area (Å²) in [6.07, 6.45) is 0. The summed E-state index contributed by atoms with van der Waals surface area (Å²) in [5.74, 6) is -0.225. The van der Waals surface area contributed by atoms with Gasteiger partial charge >= 0.3 is 0 Å². The number of halogens is 1. The lowest BCUT2D eigenvalue weighted by Crippen LogP contribution is -2.40. The highest BCUT2D eigenvalue weighted by Crippen LogP contribution is 2.28. The Balaban J connectivity index is 2.31. The van der Waals surface area contributed by atoms with Crippen LogP contribution in [0.3, 0.4) is 0 Å². The summed E-state index contributed by atoms with van der Waals surface area (Å²) in [4.78, 5) is 25.8. The van der Waals surface area contributed by atoms with Crippen molar-refractivity contribution in [3.8, 4) is 0 Å². The Labute approximate surface area is 134 Å². The number of aryl methyl sites for hydroxylation is 1. The molecule has 0 unspecified atom stereocenters. The third-order valence-corrected chi connectivity index (χ3v) is 3.70. The Morgan fingerprint density at radius 2 is 2.05 bits per heavy atom. The lowest BCUT2D eigenvalue weighted by atomic mass is 10.1. The summed E-state index contributed by atoms with van der Waals surface area (Å²) < 4.78 is 5.66. The van der Waals surface area contributed by atoms with Crippen LogP contribution in [-0.2, 0) is 4.79 Å². The molecule has 0 saturated heterocycles. The van der Waals surface area contributed by atoms with Crippen LogP contribution in [0.2, 0.25) is 5.02 Å². The van der Waals surface area contributed by atoms with Gasteiger partial charge in [-0.3, -0.25) is 9.59 Å². The van der Waals surface area contributed by atoms with Crippen molar-refractivity contribution in [3.63, 3.8) is 0 Å². The molecular formula is C16H19ClN2O3. The van der Waals surface area contributed by atoms with Crippen molar-refractivity contribution in [1.29, 1.82) is 0 Å². The molecule has 1 aromatic carbocycles. The van der Waals surface area contributed by atoms with Gasteiger partial charge in [0, 0.05) is 29.1 Å². The fourth-order valence-corrected chi connectivity index (χ4v) is 2.47. The second kappa shape index (κ2) is 6.83. The van der Waals surface area contributed by atoms with E-state index in [-0.39, 0.29) is 24.1 Å². The summed E-state index contributed by atoms with van der Waals surface area (Å²) >= 11 is 5.98. The zero-order valence-electron chi connectivity index (χ0n) is 12.9. The van der Waals surface area contributed by atoms with Crippen LogP contribution in [0.25, 0.3) is 11.0 Å². The zero-order chi connectivity index (χ0) is 16.3. The number of rotatable bonds is 5. The first kappa shape index (κ1) is 16.4. The molecule has 0 radical (unpaired) electrons. The third kappa shape index (κ3) is 3.25. The molecule has 0 atom stereocenters. The topological polar surface area (TPSA) is 62.6 Å². The highest BCUT2D eigenvalue weighted by atomic mass is 35.5. The number of hydrogen-bond donors (Lipinski definition) is 1. The number of benzene rings is 1. The summed E-state index contributed by atoms with van der Waals surface area (Å²) in [6.45, 7) is 6.45. The molecule has 0 fully saturated rings. The first-order chi connectivity index (χ1) is 10.5. The van der Waals surface area contributed by atoms with Gasteiger partial charge in [0.1, 0.15) is 5.58 Å². The van der Waals surface area contributed by atoms with Crippen LogP contribution < -0.4 is 5.32 Å². The second-order valence-electron chi connectivity index (χ2n) is 4.97. The smallest absolute Gasteiger partial charge is 0.290 e. The molecule has 5 nitrogen and oxygen atoms in total. The van der Waals surface area contributed by atoms with Crippen molar-refractivity contribution in [1.82, 2.24) is 10.2 Å². The average molecular weight is 323 g/mol. The van der Waals surface area contributed by atoms with Crippen LogP contribution in [0.1, 0.15) is 30.0 Å². The van der Waals surface area contributed by atoms with Gasteiger partial charge in [-0.2, -0.15) is 0 Å². The quantitative estimate of drug-likeness (QED) is 0.920. The molecule has 0 saturated carbocycles. The van der Waals surface area contributed by atoms with Gasteiger partial charge in [-0.05, 0) is 39.0 Å². The molecule has 1 N–H and O–H groups in total. The standard InChI is InChI=1S/C16H19ClN2O3/c1-4-18-14(20)9-19(5-2)16(21)15-10(3)12-8-11(17)6-7-13(12)22-15/h6-8H,4-5,9H2,1-3H3,(H,18,20). The van der Waals surface area contributed by atoms with Gasteiger partial charge in [0.2, 0.25) is 5.91 Å². The van der Waals surface area contributed by atoms with Crippen molar-refractivity contribution in [3.05, 3.63) is 34.5 Å². The predicted octanol–water partition coefficient (Wildman–Crippen LogP) is 2.99. The Bertz CT molecular complexity index is 709. The number of likely N-dealkylation sites (N-methyl/N-ethyl adjacent to an activating group) is 2. The molecule has 6 heteroatoms. The molecule has 0 bridgehead atoms. The minimum Gasteiger partial charge on any atom is -0.451 e. The minimum atomic E-state index is -0.293. The fourth-order valence-electron chi connectivity index (χ4n) is 2.29. The number of fused-ring (bicyclic) bond motifs is 1. The Morgan fingerprint density at radius 3 is 2.68 bits per heavy atom. The second-order valence-corrected chi connectivity index (χ2v) is 5.41. The first-order valence-corrected chi connectivity index (χ1v) is 7.60. The molecule has 0 spiro atoms. The van der Waals surface area contributed by atoms with E-state index in [9.17, 15) is 9.59 Å². The molecule has 0 aliphatic carbocycles. The highest BCUT2D eigenvalue weighted by molar-refractivity contribution is 6.31. The maximum atomic E-state index is 12.6. The van der Waals surface area contributed by atoms with Gasteiger partial charge in [0.25, 0.3) is 5.91 Å². The molecule has 0 aliphatic heterocycles. The summed E-state index contributed by atoms with van der Waals surface area (Å²) in [5, 5.41) is 4.08. The van der Waals surface area contributed by atoms with E-state index in [1.807, 2.05) is 20.8 Å². The fraction of sp³-hybridized carbons (Fsp3) is 0.375. The normalized spacial score (nSPS) is 10.7. The van der Waals surface area contributed by atoms with Crippen LogP contribution in [0.4, 0.5) is 0 Å². The number of nitrogens with one attached hydrogen (secondary N) is 1. The number of carbonyl (C=O) groups is 2. The van der Waals surface area contributed by atoms with E-state index in [4.69, 9.17) is 16.0 Å². The van der Waals surface area contributed by atoms with Crippen LogP contribution in [0.15, 0.2) is 22.6 Å². The van der Waals surface area contributed by atoms with Crippen LogP contribution in [-0.4, -0.2) is 36.3 Å². The number of furan rings is 1. The lowest BCUT2D eigenvalue weighted by molar-refractivity contribution is -0.121. The van der Waals surface area contributed by atoms with E-state index in [0.717, 1.165) is 10.9 Å². The molecule has 1 heterocycles. The Kier molecular flexibility index (Phi) is 5.08. The van der Waals surface area contributed by atoms with E-state index in [2.05, 4.69) is 5.32 Å². The van der Waals surface area contributed by atoms with Gasteiger partial charge in [0.05, 0.1) is 6.54 Å². The third-order valence-electron chi connectivity index (χ3n) is 3.47. The summed E-state index contributed by atoms with van der Waals surface area (Å²) in [6, 6.07) is 5.22. The van der Waals surface area contributed by atoms with Gasteiger partial charge in [-0.1, -0.05) is 11.6 Å². The first-order valence-electron chi connectivity index (χ1n) is 7.22. The zero-order valence-corrected chi connectivity index (χ0v) is 13.7. The lowest BCUT2D eigenvalue weighted by Gasteiger charge is -2.19. The van der Waals surface area contributed by atoms with Crippen molar-refractivity contribution < 1.29 is 14.0 Å². The van der Waals surface area contributed by atoms with Crippen molar-refractivity contribution in [2.24, 2.45) is 0 Å². The van der Waals surface area contributed by atoms with Gasteiger partial charge < -0.3 is 14.6 Å². The van der Waals surface area contributed by atoms with E-state index < -0.39 is 0 Å². The number of nitrogens with zero attached hydrogens (tertiary/aromatic N) is 1. The van der Waals surface area contributed by atoms with E-state index in [1.54, 1.807) is 18.2 Å². The molecule has 2 aromatic rings. The Morgan fingerprint density at radius 1 is 1.32 bits per heavy atom. The van der Waals surface area contributed by atoms with Gasteiger partial charge in [-0.15, -0.1) is 0 Å². The monoisotopic (exact) mass is 322 g/mol. The van der Waals surface area contributed by atoms with Crippen molar-refractivity contribution in [2.45, 2.75) is 20.8 Å². The van der Waals surface area contributed by atoms with Crippen LogP contribution in [0.5, 0.6) is 0 Å². The van der Waals surface area contributed by atoms with Crippen LogP contribution in [0, 0.1) is 6.92 Å². The highest BCUT2D eigenvalue weighted by Gasteiger charge is 2.23. The molecule has 22 heavy (non-hydrogen) atoms.